The molecule has 0 bridgehead atoms. The summed E-state index contributed by atoms with van der Waals surface area (Å²) in [6.07, 6.45) is 13.6. The molecule has 2 rings (SSSR count). The normalized spacial score (nSPS) is 28.1. The molecule has 2 unspecified atom stereocenters. The van der Waals surface area contributed by atoms with E-state index in [2.05, 4.69) is 17.1 Å². The van der Waals surface area contributed by atoms with Crippen molar-refractivity contribution < 1.29 is 5.11 Å². The second-order valence-corrected chi connectivity index (χ2v) is 7.12. The molecular formula is C18H36N2O. The minimum atomic E-state index is 0.316. The molecule has 2 fully saturated rings. The number of nitrogens with one attached hydrogen (secondary N) is 1. The van der Waals surface area contributed by atoms with Gasteiger partial charge in [0, 0.05) is 25.2 Å². The van der Waals surface area contributed by atoms with Crippen LogP contribution >= 0.6 is 0 Å². The van der Waals surface area contributed by atoms with Gasteiger partial charge in [-0.2, -0.15) is 0 Å². The van der Waals surface area contributed by atoms with Gasteiger partial charge in [-0.05, 0) is 44.6 Å². The molecule has 0 aromatic heterocycles. The summed E-state index contributed by atoms with van der Waals surface area (Å²) >= 11 is 0. The molecule has 0 aromatic carbocycles. The number of rotatable bonds is 8. The summed E-state index contributed by atoms with van der Waals surface area (Å²) < 4.78 is 0. The largest absolute Gasteiger partial charge is 0.395 e. The third-order valence-corrected chi connectivity index (χ3v) is 5.51. The first-order valence-corrected chi connectivity index (χ1v) is 9.43. The molecule has 0 saturated heterocycles. The molecule has 0 aromatic rings. The predicted octanol–water partition coefficient (Wildman–Crippen LogP) is 3.17. The van der Waals surface area contributed by atoms with Crippen molar-refractivity contribution in [2.45, 2.75) is 83.2 Å². The van der Waals surface area contributed by atoms with Gasteiger partial charge >= 0.3 is 0 Å². The maximum absolute atomic E-state index is 9.45. The van der Waals surface area contributed by atoms with Crippen LogP contribution in [-0.4, -0.2) is 48.3 Å². The Morgan fingerprint density at radius 3 is 2.43 bits per heavy atom. The second-order valence-electron chi connectivity index (χ2n) is 7.12. The van der Waals surface area contributed by atoms with Crippen LogP contribution in [0.4, 0.5) is 0 Å². The molecule has 0 radical (unpaired) electrons. The van der Waals surface area contributed by atoms with Crippen LogP contribution in [0.25, 0.3) is 0 Å². The maximum Gasteiger partial charge on any atom is 0.0558 e. The Morgan fingerprint density at radius 1 is 1.00 bits per heavy atom. The number of aliphatic hydroxyl groups excluding tert-OH is 1. The average Bonchev–Trinajstić information content (AvgIpc) is 2.54. The highest BCUT2D eigenvalue weighted by atomic mass is 16.3. The fraction of sp³-hybridized carbons (Fsp3) is 1.00. The Kier molecular flexibility index (Phi) is 8.05. The predicted molar refractivity (Wildman–Crippen MR) is 89.6 cm³/mol. The third kappa shape index (κ3) is 5.54. The van der Waals surface area contributed by atoms with Crippen LogP contribution in [0.2, 0.25) is 0 Å². The summed E-state index contributed by atoms with van der Waals surface area (Å²) in [5.41, 5.74) is 0. The molecule has 21 heavy (non-hydrogen) atoms. The van der Waals surface area contributed by atoms with E-state index in [1.165, 1.54) is 70.8 Å². The lowest BCUT2D eigenvalue weighted by Gasteiger charge is -2.40. The molecule has 2 N–H and O–H groups in total. The third-order valence-electron chi connectivity index (χ3n) is 5.51. The molecule has 2 saturated carbocycles. The quantitative estimate of drug-likeness (QED) is 0.722. The van der Waals surface area contributed by atoms with Crippen LogP contribution in [0, 0.1) is 5.92 Å². The Balaban J connectivity index is 1.89. The lowest BCUT2D eigenvalue weighted by atomic mass is 9.83. The summed E-state index contributed by atoms with van der Waals surface area (Å²) in [5, 5.41) is 13.2. The molecule has 2 aliphatic carbocycles. The molecule has 3 nitrogen and oxygen atoms in total. The number of hydrogen-bond donors (Lipinski definition) is 2. The second kappa shape index (κ2) is 9.81. The SMILES string of the molecule is CCCNC1CCCCC1CN(CCO)C1CCCCC1. The molecule has 0 amide bonds. The van der Waals surface area contributed by atoms with Gasteiger partial charge in [-0.3, -0.25) is 4.90 Å². The highest BCUT2D eigenvalue weighted by Gasteiger charge is 2.29. The van der Waals surface area contributed by atoms with Crippen molar-refractivity contribution >= 4 is 0 Å². The Bertz CT molecular complexity index is 266. The minimum Gasteiger partial charge on any atom is -0.395 e. The highest BCUT2D eigenvalue weighted by Crippen LogP contribution is 2.28. The smallest absolute Gasteiger partial charge is 0.0558 e. The van der Waals surface area contributed by atoms with Gasteiger partial charge in [0.15, 0.2) is 0 Å². The summed E-state index contributed by atoms with van der Waals surface area (Å²) in [4.78, 5) is 2.62. The molecule has 2 atom stereocenters. The van der Waals surface area contributed by atoms with E-state index in [0.717, 1.165) is 25.0 Å². The van der Waals surface area contributed by atoms with E-state index in [1.54, 1.807) is 0 Å². The fourth-order valence-corrected chi connectivity index (χ4v) is 4.32. The summed E-state index contributed by atoms with van der Waals surface area (Å²) in [6.45, 7) is 5.81. The van der Waals surface area contributed by atoms with Crippen molar-refractivity contribution in [1.82, 2.24) is 10.2 Å². The Hall–Kier alpha value is -0.120. The number of nitrogens with zero attached hydrogens (tertiary/aromatic N) is 1. The van der Waals surface area contributed by atoms with E-state index in [-0.39, 0.29) is 0 Å². The summed E-state index contributed by atoms with van der Waals surface area (Å²) in [7, 11) is 0. The van der Waals surface area contributed by atoms with Crippen LogP contribution in [0.15, 0.2) is 0 Å². The van der Waals surface area contributed by atoms with Crippen LogP contribution in [-0.2, 0) is 0 Å². The van der Waals surface area contributed by atoms with Gasteiger partial charge in [-0.15, -0.1) is 0 Å². The number of hydrogen-bond acceptors (Lipinski definition) is 3. The van der Waals surface area contributed by atoms with Crippen molar-refractivity contribution in [3.05, 3.63) is 0 Å². The minimum absolute atomic E-state index is 0.316. The zero-order chi connectivity index (χ0) is 14.9. The van der Waals surface area contributed by atoms with E-state index in [9.17, 15) is 5.11 Å². The van der Waals surface area contributed by atoms with E-state index in [4.69, 9.17) is 0 Å². The van der Waals surface area contributed by atoms with Crippen molar-refractivity contribution in [3.8, 4) is 0 Å². The average molecular weight is 296 g/mol. The summed E-state index contributed by atoms with van der Waals surface area (Å²) in [6, 6.07) is 1.45. The van der Waals surface area contributed by atoms with Crippen LogP contribution < -0.4 is 5.32 Å². The fourth-order valence-electron chi connectivity index (χ4n) is 4.32. The van der Waals surface area contributed by atoms with Crippen LogP contribution in [0.5, 0.6) is 0 Å². The highest BCUT2D eigenvalue weighted by molar-refractivity contribution is 4.85. The van der Waals surface area contributed by atoms with Crippen molar-refractivity contribution in [2.24, 2.45) is 5.92 Å². The molecule has 2 aliphatic rings. The molecule has 124 valence electrons. The lowest BCUT2D eigenvalue weighted by Crippen LogP contribution is -2.48. The topological polar surface area (TPSA) is 35.5 Å². The van der Waals surface area contributed by atoms with Gasteiger partial charge in [-0.25, -0.2) is 0 Å². The Labute approximate surface area is 131 Å². The zero-order valence-corrected chi connectivity index (χ0v) is 14.0. The van der Waals surface area contributed by atoms with Gasteiger partial charge in [0.1, 0.15) is 0 Å². The van der Waals surface area contributed by atoms with E-state index in [1.807, 2.05) is 0 Å². The van der Waals surface area contributed by atoms with Crippen LogP contribution in [0.3, 0.4) is 0 Å². The molecule has 3 heteroatoms. The van der Waals surface area contributed by atoms with E-state index < -0.39 is 0 Å². The Morgan fingerprint density at radius 2 is 1.71 bits per heavy atom. The van der Waals surface area contributed by atoms with Crippen molar-refractivity contribution in [2.75, 3.05) is 26.2 Å². The lowest BCUT2D eigenvalue weighted by molar-refractivity contribution is 0.0864. The molecule has 0 heterocycles. The monoisotopic (exact) mass is 296 g/mol. The van der Waals surface area contributed by atoms with Crippen LogP contribution in [0.1, 0.15) is 71.1 Å². The van der Waals surface area contributed by atoms with E-state index in [0.29, 0.717) is 12.6 Å². The zero-order valence-electron chi connectivity index (χ0n) is 14.0. The van der Waals surface area contributed by atoms with Crippen molar-refractivity contribution in [1.29, 1.82) is 0 Å². The first-order chi connectivity index (χ1) is 10.3. The standard InChI is InChI=1S/C18H36N2O/c1-2-12-19-18-11-7-6-8-16(18)15-20(13-14-21)17-9-4-3-5-10-17/h16-19,21H,2-15H2,1H3. The first-order valence-electron chi connectivity index (χ1n) is 9.43. The van der Waals surface area contributed by atoms with Gasteiger partial charge < -0.3 is 10.4 Å². The van der Waals surface area contributed by atoms with Gasteiger partial charge in [0.25, 0.3) is 0 Å². The van der Waals surface area contributed by atoms with Gasteiger partial charge in [-0.1, -0.05) is 39.0 Å². The molecule has 0 spiro atoms. The molecular weight excluding hydrogens is 260 g/mol. The first kappa shape index (κ1) is 17.2. The summed E-state index contributed by atoms with van der Waals surface area (Å²) in [5.74, 6) is 0.791. The van der Waals surface area contributed by atoms with Crippen molar-refractivity contribution in [3.63, 3.8) is 0 Å². The molecule has 0 aliphatic heterocycles. The van der Waals surface area contributed by atoms with Gasteiger partial charge in [0.2, 0.25) is 0 Å². The van der Waals surface area contributed by atoms with Gasteiger partial charge in [0.05, 0.1) is 6.61 Å². The number of aliphatic hydroxyl groups is 1. The maximum atomic E-state index is 9.45. The van der Waals surface area contributed by atoms with E-state index >= 15 is 0 Å².